The van der Waals surface area contributed by atoms with Crippen LogP contribution in [0.15, 0.2) is 36.5 Å². The van der Waals surface area contributed by atoms with Crippen LogP contribution < -0.4 is 10.6 Å². The van der Waals surface area contributed by atoms with Crippen molar-refractivity contribution in [2.75, 3.05) is 5.32 Å². The molecule has 3 rings (SSSR count). The van der Waals surface area contributed by atoms with Gasteiger partial charge in [0.1, 0.15) is 5.82 Å². The van der Waals surface area contributed by atoms with E-state index >= 15 is 0 Å². The fourth-order valence-electron chi connectivity index (χ4n) is 2.97. The van der Waals surface area contributed by atoms with Gasteiger partial charge in [0, 0.05) is 19.0 Å². The van der Waals surface area contributed by atoms with Crippen LogP contribution in [0, 0.1) is 0 Å². The van der Waals surface area contributed by atoms with Gasteiger partial charge in [0.2, 0.25) is 0 Å². The van der Waals surface area contributed by atoms with Crippen LogP contribution in [-0.4, -0.2) is 27.0 Å². The van der Waals surface area contributed by atoms with E-state index in [4.69, 9.17) is 0 Å². The van der Waals surface area contributed by atoms with Crippen LogP contribution >= 0.6 is 0 Å². The molecule has 1 aliphatic carbocycles. The first-order valence-corrected chi connectivity index (χ1v) is 8.04. The smallest absolute Gasteiger partial charge is 0.320 e. The van der Waals surface area contributed by atoms with Gasteiger partial charge in [-0.1, -0.05) is 37.6 Å². The Kier molecular flexibility index (Phi) is 4.62. The number of anilines is 1. The largest absolute Gasteiger partial charge is 0.390 e. The minimum Gasteiger partial charge on any atom is -0.390 e. The SMILES string of the molecule is CCCCn1nccc1NC(=O)N[C@@H]1c2ccccc2C[C@H]1O. The van der Waals surface area contributed by atoms with E-state index in [1.165, 1.54) is 0 Å². The number of carbonyl (C=O) groups excluding carboxylic acids is 1. The molecule has 0 unspecified atom stereocenters. The van der Waals surface area contributed by atoms with Crippen molar-refractivity contribution in [3.8, 4) is 0 Å². The number of amides is 2. The number of aromatic nitrogens is 2. The second kappa shape index (κ2) is 6.83. The van der Waals surface area contributed by atoms with Crippen molar-refractivity contribution in [1.29, 1.82) is 0 Å². The minimum atomic E-state index is -0.594. The van der Waals surface area contributed by atoms with Crippen LogP contribution in [0.5, 0.6) is 0 Å². The minimum absolute atomic E-state index is 0.330. The molecule has 1 heterocycles. The van der Waals surface area contributed by atoms with E-state index < -0.39 is 6.10 Å². The molecule has 0 fully saturated rings. The van der Waals surface area contributed by atoms with Crippen molar-refractivity contribution in [1.82, 2.24) is 15.1 Å². The number of nitrogens with one attached hydrogen (secondary N) is 2. The van der Waals surface area contributed by atoms with E-state index in [0.717, 1.165) is 30.5 Å². The summed E-state index contributed by atoms with van der Waals surface area (Å²) in [5.74, 6) is 0.664. The first-order valence-electron chi connectivity index (χ1n) is 8.04. The molecular weight excluding hydrogens is 292 g/mol. The lowest BCUT2D eigenvalue weighted by Crippen LogP contribution is -2.37. The van der Waals surface area contributed by atoms with Gasteiger partial charge < -0.3 is 10.4 Å². The van der Waals surface area contributed by atoms with Gasteiger partial charge in [-0.3, -0.25) is 5.32 Å². The monoisotopic (exact) mass is 314 g/mol. The molecular formula is C17H22N4O2. The molecule has 23 heavy (non-hydrogen) atoms. The highest BCUT2D eigenvalue weighted by Crippen LogP contribution is 2.31. The molecule has 6 nitrogen and oxygen atoms in total. The molecule has 0 radical (unpaired) electrons. The maximum atomic E-state index is 12.3. The van der Waals surface area contributed by atoms with Gasteiger partial charge in [0.15, 0.2) is 0 Å². The van der Waals surface area contributed by atoms with Crippen LogP contribution in [0.1, 0.15) is 36.9 Å². The molecule has 6 heteroatoms. The number of unbranched alkanes of at least 4 members (excludes halogenated alkanes) is 1. The first kappa shape index (κ1) is 15.6. The predicted molar refractivity (Wildman–Crippen MR) is 88.2 cm³/mol. The Morgan fingerprint density at radius 1 is 1.39 bits per heavy atom. The van der Waals surface area contributed by atoms with E-state index in [0.29, 0.717) is 12.2 Å². The fraction of sp³-hybridized carbons (Fsp3) is 0.412. The molecule has 0 bridgehead atoms. The third-order valence-corrected chi connectivity index (χ3v) is 4.17. The van der Waals surface area contributed by atoms with Crippen molar-refractivity contribution in [3.05, 3.63) is 47.7 Å². The lowest BCUT2D eigenvalue weighted by atomic mass is 10.1. The summed E-state index contributed by atoms with van der Waals surface area (Å²) >= 11 is 0. The number of aliphatic hydroxyl groups excluding tert-OH is 1. The van der Waals surface area contributed by atoms with Crippen molar-refractivity contribution in [2.24, 2.45) is 0 Å². The molecule has 1 aromatic heterocycles. The number of aliphatic hydroxyl groups is 1. The molecule has 0 saturated carbocycles. The average molecular weight is 314 g/mol. The second-order valence-electron chi connectivity index (χ2n) is 5.84. The quantitative estimate of drug-likeness (QED) is 0.793. The number of hydrogen-bond donors (Lipinski definition) is 3. The number of urea groups is 1. The van der Waals surface area contributed by atoms with E-state index in [-0.39, 0.29) is 12.1 Å². The summed E-state index contributed by atoms with van der Waals surface area (Å²) in [7, 11) is 0. The van der Waals surface area contributed by atoms with E-state index in [2.05, 4.69) is 22.7 Å². The highest BCUT2D eigenvalue weighted by Gasteiger charge is 2.31. The summed E-state index contributed by atoms with van der Waals surface area (Å²) in [6.07, 6.45) is 3.72. The Labute approximate surface area is 135 Å². The number of benzene rings is 1. The predicted octanol–water partition coefficient (Wildman–Crippen LogP) is 2.46. The standard InChI is InChI=1S/C17H22N4O2/c1-2-3-10-21-15(8-9-18-21)19-17(23)20-16-13-7-5-4-6-12(13)11-14(16)22/h4-9,14,16,22H,2-3,10-11H2,1H3,(H2,19,20,23)/t14-,16-/m1/s1. The number of aryl methyl sites for hydroxylation is 1. The Morgan fingerprint density at radius 3 is 3.04 bits per heavy atom. The lowest BCUT2D eigenvalue weighted by molar-refractivity contribution is 0.144. The molecule has 2 atom stereocenters. The van der Waals surface area contributed by atoms with E-state index in [9.17, 15) is 9.90 Å². The summed E-state index contributed by atoms with van der Waals surface area (Å²) in [6, 6.07) is 8.86. The van der Waals surface area contributed by atoms with Crippen molar-refractivity contribution < 1.29 is 9.90 Å². The number of rotatable bonds is 5. The van der Waals surface area contributed by atoms with Crippen molar-refractivity contribution in [3.63, 3.8) is 0 Å². The van der Waals surface area contributed by atoms with Crippen LogP contribution in [-0.2, 0) is 13.0 Å². The fourth-order valence-corrected chi connectivity index (χ4v) is 2.97. The third kappa shape index (κ3) is 3.37. The first-order chi connectivity index (χ1) is 11.2. The van der Waals surface area contributed by atoms with Gasteiger partial charge >= 0.3 is 6.03 Å². The summed E-state index contributed by atoms with van der Waals surface area (Å²) in [4.78, 5) is 12.3. The van der Waals surface area contributed by atoms with Crippen LogP contribution in [0.3, 0.4) is 0 Å². The molecule has 3 N–H and O–H groups in total. The zero-order valence-corrected chi connectivity index (χ0v) is 13.2. The zero-order chi connectivity index (χ0) is 16.2. The van der Waals surface area contributed by atoms with Crippen molar-refractivity contribution in [2.45, 2.75) is 44.9 Å². The number of carbonyl (C=O) groups is 1. The van der Waals surface area contributed by atoms with Gasteiger partial charge in [0.25, 0.3) is 0 Å². The Morgan fingerprint density at radius 2 is 2.22 bits per heavy atom. The summed E-state index contributed by atoms with van der Waals surface area (Å²) in [5, 5.41) is 20.1. The average Bonchev–Trinajstić information content (AvgIpc) is 3.10. The molecule has 1 aliphatic rings. The van der Waals surface area contributed by atoms with Gasteiger partial charge in [-0.05, 0) is 17.5 Å². The highest BCUT2D eigenvalue weighted by atomic mass is 16.3. The van der Waals surface area contributed by atoms with Gasteiger partial charge in [-0.2, -0.15) is 5.10 Å². The summed E-state index contributed by atoms with van der Waals surface area (Å²) in [6.45, 7) is 2.89. The molecule has 0 aliphatic heterocycles. The van der Waals surface area contributed by atoms with Crippen LogP contribution in [0.2, 0.25) is 0 Å². The maximum Gasteiger partial charge on any atom is 0.320 e. The Bertz CT molecular complexity index is 683. The van der Waals surface area contributed by atoms with Crippen molar-refractivity contribution >= 4 is 11.8 Å². The van der Waals surface area contributed by atoms with Crippen LogP contribution in [0.4, 0.5) is 10.6 Å². The normalized spacial score (nSPS) is 19.4. The summed E-state index contributed by atoms with van der Waals surface area (Å²) in [5.41, 5.74) is 2.06. The van der Waals surface area contributed by atoms with Gasteiger partial charge in [-0.25, -0.2) is 9.48 Å². The second-order valence-corrected chi connectivity index (χ2v) is 5.84. The molecule has 2 amide bonds. The molecule has 122 valence electrons. The molecule has 0 saturated heterocycles. The van der Waals surface area contributed by atoms with Crippen LogP contribution in [0.25, 0.3) is 0 Å². The number of fused-ring (bicyclic) bond motifs is 1. The maximum absolute atomic E-state index is 12.3. The number of nitrogens with zero attached hydrogens (tertiary/aromatic N) is 2. The van der Waals surface area contributed by atoms with Gasteiger partial charge in [0.05, 0.1) is 18.3 Å². The Hall–Kier alpha value is -2.34. The molecule has 2 aromatic rings. The number of hydrogen-bond acceptors (Lipinski definition) is 3. The summed E-state index contributed by atoms with van der Waals surface area (Å²) < 4.78 is 1.78. The highest BCUT2D eigenvalue weighted by molar-refractivity contribution is 5.88. The van der Waals surface area contributed by atoms with Gasteiger partial charge in [-0.15, -0.1) is 0 Å². The third-order valence-electron chi connectivity index (χ3n) is 4.17. The lowest BCUT2D eigenvalue weighted by Gasteiger charge is -2.18. The molecule has 0 spiro atoms. The molecule has 1 aromatic carbocycles. The zero-order valence-electron chi connectivity index (χ0n) is 13.2. The topological polar surface area (TPSA) is 79.2 Å². The Balaban J connectivity index is 1.65. The van der Waals surface area contributed by atoms with E-state index in [1.54, 1.807) is 16.9 Å². The van der Waals surface area contributed by atoms with E-state index in [1.807, 2.05) is 24.3 Å².